The molecule has 0 unspecified atom stereocenters. The van der Waals surface area contributed by atoms with Crippen LogP contribution < -0.4 is 24.9 Å². The number of anilines is 1. The van der Waals surface area contributed by atoms with Crippen LogP contribution in [0.5, 0.6) is 5.75 Å². The van der Waals surface area contributed by atoms with E-state index < -0.39 is 17.8 Å². The topological polar surface area (TPSA) is 72.7 Å². The first-order valence-corrected chi connectivity index (χ1v) is 16.1. The van der Waals surface area contributed by atoms with Crippen molar-refractivity contribution in [2.45, 2.75) is 19.6 Å². The molecule has 6 nitrogen and oxygen atoms in total. The number of hydrogen-bond acceptors (Lipinski definition) is 5. The Morgan fingerprint density at radius 3 is 2.45 bits per heavy atom. The van der Waals surface area contributed by atoms with E-state index in [4.69, 9.17) is 21.3 Å². The predicted octanol–water partition coefficient (Wildman–Crippen LogP) is 7.40. The van der Waals surface area contributed by atoms with Gasteiger partial charge in [-0.25, -0.2) is 9.38 Å². The van der Waals surface area contributed by atoms with Gasteiger partial charge >= 0.3 is 0 Å². The zero-order valence-electron chi connectivity index (χ0n) is 25.1. The third-order valence-corrected chi connectivity index (χ3v) is 9.23. The monoisotopic (exact) mass is 659 g/mol. The van der Waals surface area contributed by atoms with Crippen molar-refractivity contribution < 1.29 is 13.9 Å². The zero-order chi connectivity index (χ0) is 32.5. The number of rotatable bonds is 7. The summed E-state index contributed by atoms with van der Waals surface area (Å²) in [5, 5.41) is 5.49. The van der Waals surface area contributed by atoms with Crippen molar-refractivity contribution in [3.63, 3.8) is 0 Å². The van der Waals surface area contributed by atoms with Crippen molar-refractivity contribution >= 4 is 51.4 Å². The van der Waals surface area contributed by atoms with Crippen molar-refractivity contribution in [1.82, 2.24) is 4.57 Å². The van der Waals surface area contributed by atoms with E-state index in [0.29, 0.717) is 49.2 Å². The van der Waals surface area contributed by atoms with E-state index in [1.165, 1.54) is 28.0 Å². The van der Waals surface area contributed by atoms with Gasteiger partial charge in [0.25, 0.3) is 11.5 Å². The molecule has 7 rings (SSSR count). The maximum Gasteiger partial charge on any atom is 0.271 e. The molecule has 0 radical (unpaired) electrons. The van der Waals surface area contributed by atoms with Crippen LogP contribution in [0.2, 0.25) is 5.02 Å². The fraction of sp³-hybridized carbons (Fsp3) is 0.0789. The van der Waals surface area contributed by atoms with Gasteiger partial charge in [-0.3, -0.25) is 14.2 Å². The molecule has 47 heavy (non-hydrogen) atoms. The summed E-state index contributed by atoms with van der Waals surface area (Å²) in [5.41, 5.74) is 3.34. The Hall–Kier alpha value is -5.31. The Balaban J connectivity index is 1.36. The highest BCUT2D eigenvalue weighted by Crippen LogP contribution is 2.32. The second-order valence-electron chi connectivity index (χ2n) is 11.1. The molecule has 5 aromatic carbocycles. The largest absolute Gasteiger partial charge is 0.488 e. The fourth-order valence-electron chi connectivity index (χ4n) is 5.72. The summed E-state index contributed by atoms with van der Waals surface area (Å²) >= 11 is 7.30. The van der Waals surface area contributed by atoms with Gasteiger partial charge in [-0.1, -0.05) is 95.7 Å². The van der Waals surface area contributed by atoms with Crippen molar-refractivity contribution in [3.8, 4) is 5.75 Å². The molecule has 0 saturated carbocycles. The van der Waals surface area contributed by atoms with E-state index in [1.807, 2.05) is 84.9 Å². The number of aromatic nitrogens is 1. The van der Waals surface area contributed by atoms with E-state index >= 15 is 0 Å². The van der Waals surface area contributed by atoms with Crippen LogP contribution >= 0.6 is 22.9 Å². The van der Waals surface area contributed by atoms with Gasteiger partial charge in [-0.05, 0) is 77.4 Å². The van der Waals surface area contributed by atoms with E-state index in [2.05, 4.69) is 5.32 Å². The number of para-hydroxylation sites is 1. The Morgan fingerprint density at radius 1 is 0.957 bits per heavy atom. The summed E-state index contributed by atoms with van der Waals surface area (Å²) in [6, 6.07) is 33.3. The maximum absolute atomic E-state index is 14.4. The Kier molecular flexibility index (Phi) is 8.28. The van der Waals surface area contributed by atoms with Gasteiger partial charge in [-0.15, -0.1) is 0 Å². The molecule has 9 heteroatoms. The van der Waals surface area contributed by atoms with Crippen LogP contribution in [0.25, 0.3) is 16.8 Å². The number of nitrogens with one attached hydrogen (secondary N) is 1. The van der Waals surface area contributed by atoms with Crippen molar-refractivity contribution in [1.29, 1.82) is 0 Å². The molecular weight excluding hydrogens is 633 g/mol. The smallest absolute Gasteiger partial charge is 0.271 e. The first kappa shape index (κ1) is 30.3. The molecule has 0 saturated heterocycles. The minimum absolute atomic E-state index is 0.302. The summed E-state index contributed by atoms with van der Waals surface area (Å²) in [4.78, 5) is 33.3. The normalized spacial score (nSPS) is 14.5. The molecule has 0 fully saturated rings. The SMILES string of the molecule is CC1=C(C(=O)Nc2ccccc2)[C@@H](c2ccc(F)cc2)n2c(s/c(=C\c3c(OCc4ccc(Cl)cc4)ccc4ccccc34)c2=O)=N1. The van der Waals surface area contributed by atoms with Gasteiger partial charge < -0.3 is 10.1 Å². The number of amides is 1. The third kappa shape index (κ3) is 6.13. The molecule has 1 aliphatic heterocycles. The van der Waals surface area contributed by atoms with Gasteiger partial charge in [0.05, 0.1) is 21.8 Å². The molecule has 1 aromatic heterocycles. The van der Waals surface area contributed by atoms with E-state index in [0.717, 1.165) is 21.9 Å². The number of halogens is 2. The maximum atomic E-state index is 14.4. The molecule has 2 heterocycles. The van der Waals surface area contributed by atoms with Crippen LogP contribution in [0.15, 0.2) is 136 Å². The second kappa shape index (κ2) is 12.8. The van der Waals surface area contributed by atoms with Crippen molar-refractivity contribution in [2.75, 3.05) is 5.32 Å². The molecule has 1 aliphatic rings. The lowest BCUT2D eigenvalue weighted by Gasteiger charge is -2.25. The predicted molar refractivity (Wildman–Crippen MR) is 185 cm³/mol. The lowest BCUT2D eigenvalue weighted by Crippen LogP contribution is -2.40. The van der Waals surface area contributed by atoms with Crippen LogP contribution in [0.3, 0.4) is 0 Å². The highest BCUT2D eigenvalue weighted by molar-refractivity contribution is 7.07. The van der Waals surface area contributed by atoms with Crippen LogP contribution in [0.1, 0.15) is 29.7 Å². The zero-order valence-corrected chi connectivity index (χ0v) is 26.7. The highest BCUT2D eigenvalue weighted by atomic mass is 35.5. The average molecular weight is 660 g/mol. The first-order valence-electron chi connectivity index (χ1n) is 14.9. The third-order valence-electron chi connectivity index (χ3n) is 8.00. The van der Waals surface area contributed by atoms with Gasteiger partial charge in [0.15, 0.2) is 4.80 Å². The summed E-state index contributed by atoms with van der Waals surface area (Å²) in [7, 11) is 0. The van der Waals surface area contributed by atoms with Crippen LogP contribution in [-0.4, -0.2) is 10.5 Å². The molecule has 1 amide bonds. The average Bonchev–Trinajstić information content (AvgIpc) is 3.39. The summed E-state index contributed by atoms with van der Waals surface area (Å²) in [6.07, 6.45) is 1.83. The molecule has 0 spiro atoms. The summed E-state index contributed by atoms with van der Waals surface area (Å²) < 4.78 is 22.3. The lowest BCUT2D eigenvalue weighted by atomic mass is 9.95. The minimum Gasteiger partial charge on any atom is -0.488 e. The Bertz CT molecular complexity index is 2350. The highest BCUT2D eigenvalue weighted by Gasteiger charge is 2.32. The number of fused-ring (bicyclic) bond motifs is 2. The quantitative estimate of drug-likeness (QED) is 0.194. The standard InChI is InChI=1S/C38H27ClFN3O3S/c1-23-34(36(44)42-29-8-3-2-4-9-29)35(26-13-18-28(40)19-14-26)43-37(45)33(47-38(43)41-23)21-31-30-10-6-5-7-25(30)15-20-32(31)46-22-24-11-16-27(39)17-12-24/h2-21,35H,22H2,1H3,(H,42,44)/b33-21-/t35-/m1/s1. The number of nitrogens with zero attached hydrogens (tertiary/aromatic N) is 2. The fourth-order valence-corrected chi connectivity index (χ4v) is 6.87. The molecule has 1 N–H and O–H groups in total. The second-order valence-corrected chi connectivity index (χ2v) is 12.5. The Labute approximate surface area is 278 Å². The number of carbonyl (C=O) groups is 1. The van der Waals surface area contributed by atoms with E-state index in [9.17, 15) is 14.0 Å². The lowest BCUT2D eigenvalue weighted by molar-refractivity contribution is -0.113. The molecule has 6 aromatic rings. The molecule has 232 valence electrons. The number of carbonyl (C=O) groups excluding carboxylic acids is 1. The van der Waals surface area contributed by atoms with Gasteiger partial charge in [0.1, 0.15) is 18.2 Å². The molecule has 0 aliphatic carbocycles. The van der Waals surface area contributed by atoms with Crippen LogP contribution in [-0.2, 0) is 11.4 Å². The molecular formula is C38H27ClFN3O3S. The summed E-state index contributed by atoms with van der Waals surface area (Å²) in [6.45, 7) is 2.06. The van der Waals surface area contributed by atoms with Gasteiger partial charge in [-0.2, -0.15) is 0 Å². The van der Waals surface area contributed by atoms with Crippen LogP contribution in [0, 0.1) is 5.82 Å². The first-order chi connectivity index (χ1) is 22.9. The molecule has 0 bridgehead atoms. The van der Waals surface area contributed by atoms with Crippen molar-refractivity contribution in [2.24, 2.45) is 4.99 Å². The van der Waals surface area contributed by atoms with Gasteiger partial charge in [0.2, 0.25) is 0 Å². The summed E-state index contributed by atoms with van der Waals surface area (Å²) in [5.74, 6) is -0.203. The minimum atomic E-state index is -0.828. The number of ether oxygens (including phenoxy) is 1. The number of benzene rings is 5. The number of thiazole rings is 1. The van der Waals surface area contributed by atoms with E-state index in [1.54, 1.807) is 31.2 Å². The van der Waals surface area contributed by atoms with E-state index in [-0.39, 0.29) is 5.56 Å². The van der Waals surface area contributed by atoms with Crippen molar-refractivity contribution in [3.05, 3.63) is 174 Å². The number of hydrogen-bond donors (Lipinski definition) is 1. The van der Waals surface area contributed by atoms with Crippen LogP contribution in [0.4, 0.5) is 10.1 Å². The number of allylic oxidation sites excluding steroid dienone is 1. The molecule has 1 atom stereocenters. The van der Waals surface area contributed by atoms with Gasteiger partial charge in [0, 0.05) is 16.3 Å². The Morgan fingerprint density at radius 2 is 1.68 bits per heavy atom.